The van der Waals surface area contributed by atoms with E-state index in [0.717, 1.165) is 15.8 Å². The summed E-state index contributed by atoms with van der Waals surface area (Å²) in [6, 6.07) is 7.28. The molecule has 0 aliphatic carbocycles. The van der Waals surface area contributed by atoms with Gasteiger partial charge >= 0.3 is 0 Å². The zero-order chi connectivity index (χ0) is 14.7. The molecule has 0 spiro atoms. The molecule has 1 aromatic carbocycles. The number of nitrogens with two attached hydrogens (primary N) is 1. The normalized spacial score (nSPS) is 12.2. The molecule has 3 N–H and O–H groups in total. The number of carbonyl (C=O) groups excluding carboxylic acids is 1. The quantitative estimate of drug-likeness (QED) is 0.841. The molecule has 4 nitrogen and oxygen atoms in total. The third-order valence-corrected chi connectivity index (χ3v) is 3.58. The summed E-state index contributed by atoms with van der Waals surface area (Å²) in [6.07, 6.45) is 2.28. The summed E-state index contributed by atoms with van der Waals surface area (Å²) >= 11 is 3.36. The van der Waals surface area contributed by atoms with Crippen molar-refractivity contribution in [2.45, 2.75) is 26.3 Å². The minimum Gasteiger partial charge on any atom is -0.469 e. The van der Waals surface area contributed by atoms with E-state index in [1.165, 1.54) is 0 Å². The van der Waals surface area contributed by atoms with E-state index >= 15 is 0 Å². The summed E-state index contributed by atoms with van der Waals surface area (Å²) in [6.45, 7) is 3.78. The van der Waals surface area contributed by atoms with E-state index in [0.29, 0.717) is 17.7 Å². The first kappa shape index (κ1) is 14.7. The van der Waals surface area contributed by atoms with Gasteiger partial charge in [0.1, 0.15) is 5.76 Å². The minimum absolute atomic E-state index is 0.0201. The van der Waals surface area contributed by atoms with Crippen LogP contribution < -0.4 is 11.1 Å². The summed E-state index contributed by atoms with van der Waals surface area (Å²) in [4.78, 5) is 12.3. The minimum atomic E-state index is -0.130. The van der Waals surface area contributed by atoms with Crippen LogP contribution in [0.2, 0.25) is 0 Å². The molecule has 106 valence electrons. The topological polar surface area (TPSA) is 68.3 Å². The summed E-state index contributed by atoms with van der Waals surface area (Å²) in [5.74, 6) is 0.720. The highest BCUT2D eigenvalue weighted by atomic mass is 79.9. The van der Waals surface area contributed by atoms with E-state index in [1.54, 1.807) is 18.4 Å². The SMILES string of the molecule is Cc1c(N)cc(Br)cc1C(=O)NC(C)Cc1ccco1. The van der Waals surface area contributed by atoms with Gasteiger partial charge < -0.3 is 15.5 Å². The van der Waals surface area contributed by atoms with Crippen molar-refractivity contribution in [2.75, 3.05) is 5.73 Å². The van der Waals surface area contributed by atoms with E-state index in [4.69, 9.17) is 10.2 Å². The molecule has 20 heavy (non-hydrogen) atoms. The predicted molar refractivity (Wildman–Crippen MR) is 82.6 cm³/mol. The highest BCUT2D eigenvalue weighted by Gasteiger charge is 2.15. The van der Waals surface area contributed by atoms with Crippen molar-refractivity contribution in [1.82, 2.24) is 5.32 Å². The number of anilines is 1. The van der Waals surface area contributed by atoms with Crippen molar-refractivity contribution in [3.63, 3.8) is 0 Å². The molecule has 0 fully saturated rings. The van der Waals surface area contributed by atoms with Crippen molar-refractivity contribution in [1.29, 1.82) is 0 Å². The Morgan fingerprint density at radius 3 is 2.90 bits per heavy atom. The number of amides is 1. The molecule has 5 heteroatoms. The highest BCUT2D eigenvalue weighted by Crippen LogP contribution is 2.22. The second kappa shape index (κ2) is 6.13. The molecule has 2 aromatic rings. The lowest BCUT2D eigenvalue weighted by atomic mass is 10.1. The summed E-state index contributed by atoms with van der Waals surface area (Å²) in [5, 5.41) is 2.95. The predicted octanol–water partition coefficient (Wildman–Crippen LogP) is 3.29. The number of furan rings is 1. The second-order valence-corrected chi connectivity index (χ2v) is 5.74. The molecule has 1 aromatic heterocycles. The van der Waals surface area contributed by atoms with Crippen molar-refractivity contribution in [3.05, 3.63) is 51.9 Å². The standard InChI is InChI=1S/C15H17BrN2O2/c1-9(6-12-4-3-5-20-12)18-15(19)13-7-11(16)8-14(17)10(13)2/h3-5,7-9H,6,17H2,1-2H3,(H,18,19). The molecule has 1 atom stereocenters. The first-order valence-electron chi connectivity index (χ1n) is 6.36. The van der Waals surface area contributed by atoms with Gasteiger partial charge in [-0.3, -0.25) is 4.79 Å². The molecule has 0 saturated carbocycles. The van der Waals surface area contributed by atoms with Gasteiger partial charge in [0.15, 0.2) is 0 Å². The van der Waals surface area contributed by atoms with Gasteiger partial charge in [0.25, 0.3) is 5.91 Å². The molecule has 0 saturated heterocycles. The number of nitrogens with one attached hydrogen (secondary N) is 1. The van der Waals surface area contributed by atoms with Crippen LogP contribution in [0.1, 0.15) is 28.6 Å². The van der Waals surface area contributed by atoms with Crippen LogP contribution in [0.4, 0.5) is 5.69 Å². The lowest BCUT2D eigenvalue weighted by Crippen LogP contribution is -2.34. The molecule has 1 unspecified atom stereocenters. The highest BCUT2D eigenvalue weighted by molar-refractivity contribution is 9.10. The average Bonchev–Trinajstić information content (AvgIpc) is 2.86. The zero-order valence-corrected chi connectivity index (χ0v) is 13.0. The Hall–Kier alpha value is -1.75. The van der Waals surface area contributed by atoms with E-state index in [2.05, 4.69) is 21.2 Å². The first-order valence-corrected chi connectivity index (χ1v) is 7.15. The first-order chi connectivity index (χ1) is 9.47. The summed E-state index contributed by atoms with van der Waals surface area (Å²) in [7, 11) is 0. The fourth-order valence-corrected chi connectivity index (χ4v) is 2.49. The van der Waals surface area contributed by atoms with Gasteiger partial charge in [-0.15, -0.1) is 0 Å². The van der Waals surface area contributed by atoms with Crippen LogP contribution in [-0.2, 0) is 6.42 Å². The van der Waals surface area contributed by atoms with Gasteiger partial charge in [-0.1, -0.05) is 15.9 Å². The molecular formula is C15H17BrN2O2. The molecule has 0 bridgehead atoms. The van der Waals surface area contributed by atoms with E-state index in [9.17, 15) is 4.79 Å². The zero-order valence-electron chi connectivity index (χ0n) is 11.4. The van der Waals surface area contributed by atoms with E-state index in [1.807, 2.05) is 26.0 Å². The number of hydrogen-bond acceptors (Lipinski definition) is 3. The summed E-state index contributed by atoms with van der Waals surface area (Å²) < 4.78 is 6.07. The molecule has 0 radical (unpaired) electrons. The van der Waals surface area contributed by atoms with Crippen LogP contribution in [0.3, 0.4) is 0 Å². The lowest BCUT2D eigenvalue weighted by molar-refractivity contribution is 0.0938. The molecule has 2 rings (SSSR count). The third-order valence-electron chi connectivity index (χ3n) is 3.12. The molecule has 0 aliphatic heterocycles. The van der Waals surface area contributed by atoms with Gasteiger partial charge in [-0.25, -0.2) is 0 Å². The second-order valence-electron chi connectivity index (χ2n) is 4.83. The molecule has 1 amide bonds. The van der Waals surface area contributed by atoms with Crippen molar-refractivity contribution >= 4 is 27.5 Å². The number of benzene rings is 1. The Morgan fingerprint density at radius 2 is 2.25 bits per heavy atom. The number of rotatable bonds is 4. The van der Waals surface area contributed by atoms with Gasteiger partial charge in [0.05, 0.1) is 6.26 Å². The van der Waals surface area contributed by atoms with E-state index < -0.39 is 0 Å². The fraction of sp³-hybridized carbons (Fsp3) is 0.267. The maximum atomic E-state index is 12.3. The maximum Gasteiger partial charge on any atom is 0.251 e. The Labute approximate surface area is 126 Å². The van der Waals surface area contributed by atoms with Gasteiger partial charge in [0, 0.05) is 28.2 Å². The molecule has 1 heterocycles. The Balaban J connectivity index is 2.08. The van der Waals surface area contributed by atoms with Crippen LogP contribution in [-0.4, -0.2) is 11.9 Å². The fourth-order valence-electron chi connectivity index (χ4n) is 2.02. The number of halogens is 1. The average molecular weight is 337 g/mol. The van der Waals surface area contributed by atoms with Crippen molar-refractivity contribution in [3.8, 4) is 0 Å². The van der Waals surface area contributed by atoms with Crippen LogP contribution >= 0.6 is 15.9 Å². The van der Waals surface area contributed by atoms with Gasteiger partial charge in [0.2, 0.25) is 0 Å². The smallest absolute Gasteiger partial charge is 0.251 e. The molecule has 0 aliphatic rings. The number of carbonyl (C=O) groups is 1. The Kier molecular flexibility index (Phi) is 4.49. The Morgan fingerprint density at radius 1 is 1.50 bits per heavy atom. The lowest BCUT2D eigenvalue weighted by Gasteiger charge is -2.15. The van der Waals surface area contributed by atoms with Crippen LogP contribution in [0.15, 0.2) is 39.4 Å². The summed E-state index contributed by atoms with van der Waals surface area (Å²) in [5.41, 5.74) is 7.85. The monoisotopic (exact) mass is 336 g/mol. The molecular weight excluding hydrogens is 320 g/mol. The largest absolute Gasteiger partial charge is 0.469 e. The van der Waals surface area contributed by atoms with E-state index in [-0.39, 0.29) is 11.9 Å². The van der Waals surface area contributed by atoms with Crippen LogP contribution in [0.5, 0.6) is 0 Å². The Bertz CT molecular complexity index is 609. The number of nitrogen functional groups attached to an aromatic ring is 1. The van der Waals surface area contributed by atoms with Crippen molar-refractivity contribution in [2.24, 2.45) is 0 Å². The van der Waals surface area contributed by atoms with Gasteiger partial charge in [-0.05, 0) is 43.7 Å². The van der Waals surface area contributed by atoms with Crippen LogP contribution in [0.25, 0.3) is 0 Å². The third kappa shape index (κ3) is 3.42. The van der Waals surface area contributed by atoms with Crippen molar-refractivity contribution < 1.29 is 9.21 Å². The maximum absolute atomic E-state index is 12.3. The van der Waals surface area contributed by atoms with Gasteiger partial charge in [-0.2, -0.15) is 0 Å². The number of hydrogen-bond donors (Lipinski definition) is 2. The van der Waals surface area contributed by atoms with Crippen LogP contribution in [0, 0.1) is 6.92 Å².